The molecule has 0 heterocycles. The lowest BCUT2D eigenvalue weighted by molar-refractivity contribution is 0.428. The summed E-state index contributed by atoms with van der Waals surface area (Å²) < 4.78 is 0. The zero-order valence-corrected chi connectivity index (χ0v) is 19.0. The summed E-state index contributed by atoms with van der Waals surface area (Å²) in [6, 6.07) is 8.59. The van der Waals surface area contributed by atoms with Gasteiger partial charge in [0.25, 0.3) is 0 Å². The highest BCUT2D eigenvalue weighted by Crippen LogP contribution is 2.24. The first-order valence-corrected chi connectivity index (χ1v) is 11.3. The molecule has 2 heteroatoms. The second-order valence-corrected chi connectivity index (χ2v) is 8.70. The molecule has 0 aromatic heterocycles. The van der Waals surface area contributed by atoms with Crippen LogP contribution in [0.2, 0.25) is 0 Å². The topological polar surface area (TPSA) is 24.1 Å². The van der Waals surface area contributed by atoms with Crippen LogP contribution in [0.3, 0.4) is 0 Å². The maximum atomic E-state index is 4.17. The highest BCUT2D eigenvalue weighted by molar-refractivity contribution is 5.62. The Morgan fingerprint density at radius 1 is 0.893 bits per heavy atom. The number of hydrogen-bond donors (Lipinski definition) is 2. The van der Waals surface area contributed by atoms with Crippen molar-refractivity contribution in [3.8, 4) is 0 Å². The molecule has 0 atom stereocenters. The molecule has 2 nitrogen and oxygen atoms in total. The van der Waals surface area contributed by atoms with Gasteiger partial charge >= 0.3 is 0 Å². The summed E-state index contributed by atoms with van der Waals surface area (Å²) in [5, 5.41) is 6.99. The van der Waals surface area contributed by atoms with Crippen molar-refractivity contribution in [2.45, 2.75) is 97.4 Å². The van der Waals surface area contributed by atoms with E-state index in [1.807, 2.05) is 6.92 Å². The minimum absolute atomic E-state index is 0.173. The van der Waals surface area contributed by atoms with Gasteiger partial charge in [-0.2, -0.15) is 0 Å². The molecule has 158 valence electrons. The number of nitrogens with one attached hydrogen (secondary N) is 2. The fourth-order valence-corrected chi connectivity index (χ4v) is 3.52. The second kappa shape index (κ2) is 13.5. The van der Waals surface area contributed by atoms with Crippen LogP contribution < -0.4 is 10.6 Å². The predicted molar refractivity (Wildman–Crippen MR) is 126 cm³/mol. The third-order valence-corrected chi connectivity index (χ3v) is 5.41. The third-order valence-electron chi connectivity index (χ3n) is 5.41. The average Bonchev–Trinajstić information content (AvgIpc) is 2.65. The quantitative estimate of drug-likeness (QED) is 0.288. The van der Waals surface area contributed by atoms with Gasteiger partial charge in [0.1, 0.15) is 0 Å². The maximum absolute atomic E-state index is 4.17. The molecule has 2 N–H and O–H groups in total. The van der Waals surface area contributed by atoms with Crippen molar-refractivity contribution >= 4 is 5.57 Å². The molecule has 0 saturated heterocycles. The number of rotatable bonds is 16. The molecular formula is C26H44N2. The molecule has 0 amide bonds. The summed E-state index contributed by atoms with van der Waals surface area (Å²) in [5.41, 5.74) is 3.36. The van der Waals surface area contributed by atoms with E-state index in [0.29, 0.717) is 0 Å². The van der Waals surface area contributed by atoms with Crippen LogP contribution in [-0.4, -0.2) is 6.54 Å². The molecule has 0 aliphatic rings. The SMILES string of the molecule is C=C(NCCCCCCCCCCCC)NC(C)(C)c1cccc(C(=C)C)c1. The smallest absolute Gasteiger partial charge is 0.0919 e. The molecule has 0 bridgehead atoms. The fraction of sp³-hybridized carbons (Fsp3) is 0.615. The van der Waals surface area contributed by atoms with Crippen molar-refractivity contribution in [1.29, 1.82) is 0 Å². The van der Waals surface area contributed by atoms with E-state index in [2.05, 4.69) is 68.8 Å². The van der Waals surface area contributed by atoms with Crippen LogP contribution in [0.25, 0.3) is 5.57 Å². The zero-order chi connectivity index (χ0) is 20.8. The Labute approximate surface area is 174 Å². The van der Waals surface area contributed by atoms with Crippen LogP contribution in [0.15, 0.2) is 43.2 Å². The Balaban J connectivity index is 2.19. The van der Waals surface area contributed by atoms with Crippen LogP contribution in [-0.2, 0) is 5.54 Å². The highest BCUT2D eigenvalue weighted by Gasteiger charge is 2.20. The summed E-state index contributed by atoms with van der Waals surface area (Å²) in [7, 11) is 0. The molecule has 0 aliphatic carbocycles. The molecule has 0 saturated carbocycles. The summed E-state index contributed by atoms with van der Waals surface area (Å²) in [4.78, 5) is 0. The number of unbranched alkanes of at least 4 members (excludes halogenated alkanes) is 9. The van der Waals surface area contributed by atoms with Crippen LogP contribution in [0, 0.1) is 0 Å². The molecule has 1 rings (SSSR count). The fourth-order valence-electron chi connectivity index (χ4n) is 3.52. The minimum atomic E-state index is -0.173. The van der Waals surface area contributed by atoms with E-state index in [4.69, 9.17) is 0 Å². The number of benzene rings is 1. The van der Waals surface area contributed by atoms with E-state index in [9.17, 15) is 0 Å². The molecule has 28 heavy (non-hydrogen) atoms. The Morgan fingerprint density at radius 2 is 1.46 bits per heavy atom. The van der Waals surface area contributed by atoms with Crippen LogP contribution in [0.4, 0.5) is 0 Å². The lowest BCUT2D eigenvalue weighted by Gasteiger charge is -2.30. The van der Waals surface area contributed by atoms with Gasteiger partial charge in [0.05, 0.1) is 11.4 Å². The van der Waals surface area contributed by atoms with Gasteiger partial charge in [-0.1, -0.05) is 102 Å². The zero-order valence-electron chi connectivity index (χ0n) is 19.0. The molecule has 0 unspecified atom stereocenters. The van der Waals surface area contributed by atoms with Gasteiger partial charge in [-0.3, -0.25) is 0 Å². The van der Waals surface area contributed by atoms with E-state index in [1.54, 1.807) is 0 Å². The van der Waals surface area contributed by atoms with Crippen LogP contribution in [0.1, 0.15) is 103 Å². The summed E-state index contributed by atoms with van der Waals surface area (Å²) in [5.74, 6) is 0.904. The number of allylic oxidation sites excluding steroid dienone is 1. The Hall–Kier alpha value is -1.70. The van der Waals surface area contributed by atoms with E-state index in [0.717, 1.165) is 17.9 Å². The molecule has 0 fully saturated rings. The van der Waals surface area contributed by atoms with Gasteiger partial charge in [-0.05, 0) is 44.4 Å². The van der Waals surface area contributed by atoms with Gasteiger partial charge in [0, 0.05) is 6.54 Å². The van der Waals surface area contributed by atoms with Crippen molar-refractivity contribution in [2.24, 2.45) is 0 Å². The minimum Gasteiger partial charge on any atom is -0.372 e. The van der Waals surface area contributed by atoms with Gasteiger partial charge in [0.15, 0.2) is 0 Å². The van der Waals surface area contributed by atoms with Crippen LogP contribution >= 0.6 is 0 Å². The molecule has 0 radical (unpaired) electrons. The largest absolute Gasteiger partial charge is 0.372 e. The molecule has 0 aliphatic heterocycles. The van der Waals surface area contributed by atoms with Gasteiger partial charge in [-0.15, -0.1) is 0 Å². The normalized spacial score (nSPS) is 11.3. The maximum Gasteiger partial charge on any atom is 0.0919 e. The molecule has 0 spiro atoms. The van der Waals surface area contributed by atoms with Gasteiger partial charge in [0.2, 0.25) is 0 Å². The van der Waals surface area contributed by atoms with Crippen molar-refractivity contribution in [2.75, 3.05) is 6.54 Å². The summed E-state index contributed by atoms with van der Waals surface area (Å²) in [6.45, 7) is 17.9. The van der Waals surface area contributed by atoms with E-state index in [1.165, 1.54) is 75.3 Å². The van der Waals surface area contributed by atoms with Crippen molar-refractivity contribution in [3.63, 3.8) is 0 Å². The highest BCUT2D eigenvalue weighted by atomic mass is 15.1. The standard InChI is InChI=1S/C26H44N2/c1-7-8-9-10-11-12-13-14-15-16-20-27-23(4)28-26(5,6)25-19-17-18-24(21-25)22(2)3/h17-19,21,27-28H,2,4,7-16,20H2,1,3,5-6H3. The first kappa shape index (κ1) is 24.3. The van der Waals surface area contributed by atoms with Crippen LogP contribution in [0.5, 0.6) is 0 Å². The van der Waals surface area contributed by atoms with E-state index >= 15 is 0 Å². The first-order chi connectivity index (χ1) is 13.4. The Kier molecular flexibility index (Phi) is 11.7. The average molecular weight is 385 g/mol. The molecular weight excluding hydrogens is 340 g/mol. The molecule has 1 aromatic rings. The van der Waals surface area contributed by atoms with E-state index in [-0.39, 0.29) is 5.54 Å². The van der Waals surface area contributed by atoms with Crippen molar-refractivity contribution < 1.29 is 0 Å². The Morgan fingerprint density at radius 3 is 2.04 bits per heavy atom. The summed E-state index contributed by atoms with van der Waals surface area (Å²) >= 11 is 0. The first-order valence-electron chi connectivity index (χ1n) is 11.3. The summed E-state index contributed by atoms with van der Waals surface area (Å²) in [6.07, 6.45) is 13.7. The molecule has 1 aromatic carbocycles. The predicted octanol–water partition coefficient (Wildman–Crippen LogP) is 7.53. The lowest BCUT2D eigenvalue weighted by atomic mass is 9.91. The second-order valence-electron chi connectivity index (χ2n) is 8.70. The van der Waals surface area contributed by atoms with Gasteiger partial charge in [-0.25, -0.2) is 0 Å². The number of hydrogen-bond acceptors (Lipinski definition) is 2. The van der Waals surface area contributed by atoms with Crippen molar-refractivity contribution in [1.82, 2.24) is 10.6 Å². The third kappa shape index (κ3) is 10.0. The Bertz CT molecular complexity index is 586. The monoisotopic (exact) mass is 384 g/mol. The van der Waals surface area contributed by atoms with Crippen molar-refractivity contribution in [3.05, 3.63) is 54.4 Å². The van der Waals surface area contributed by atoms with E-state index < -0.39 is 0 Å². The lowest BCUT2D eigenvalue weighted by Crippen LogP contribution is -2.40. The van der Waals surface area contributed by atoms with Gasteiger partial charge < -0.3 is 10.6 Å².